The number of nitrogens with two attached hydrogens (primary N) is 1. The summed E-state index contributed by atoms with van der Waals surface area (Å²) in [6.07, 6.45) is 0. The van der Waals surface area contributed by atoms with E-state index in [1.807, 2.05) is 31.2 Å². The van der Waals surface area contributed by atoms with Crippen LogP contribution in [-0.2, 0) is 0 Å². The zero-order chi connectivity index (χ0) is 15.4. The molecule has 0 aliphatic carbocycles. The lowest BCUT2D eigenvalue weighted by Gasteiger charge is -2.16. The monoisotopic (exact) mass is 348 g/mol. The molecule has 5 heteroatoms. The molecule has 0 fully saturated rings. The summed E-state index contributed by atoms with van der Waals surface area (Å²) in [7, 11) is 1.62. The van der Waals surface area contributed by atoms with Crippen LogP contribution in [0.1, 0.15) is 28.9 Å². The molecule has 1 amide bonds. The van der Waals surface area contributed by atoms with E-state index in [9.17, 15) is 4.79 Å². The quantitative estimate of drug-likeness (QED) is 0.830. The molecule has 2 aromatic rings. The van der Waals surface area contributed by atoms with Crippen molar-refractivity contribution in [3.05, 3.63) is 58.1 Å². The highest BCUT2D eigenvalue weighted by Crippen LogP contribution is 2.21. The number of hydrogen-bond donors (Lipinski definition) is 2. The molecule has 0 unspecified atom stereocenters. The zero-order valence-corrected chi connectivity index (χ0v) is 13.5. The Morgan fingerprint density at radius 3 is 2.71 bits per heavy atom. The van der Waals surface area contributed by atoms with E-state index in [4.69, 9.17) is 10.5 Å². The molecule has 0 heterocycles. The molecule has 4 nitrogen and oxygen atoms in total. The second-order valence-electron chi connectivity index (χ2n) is 4.70. The summed E-state index contributed by atoms with van der Waals surface area (Å²) in [5, 5.41) is 2.93. The highest BCUT2D eigenvalue weighted by atomic mass is 79.9. The number of ether oxygens (including phenoxy) is 1. The summed E-state index contributed by atoms with van der Waals surface area (Å²) in [6.45, 7) is 1.92. The first-order valence-electron chi connectivity index (χ1n) is 6.51. The molecule has 0 spiro atoms. The van der Waals surface area contributed by atoms with E-state index in [-0.39, 0.29) is 11.9 Å². The minimum absolute atomic E-state index is 0.143. The number of methoxy groups -OCH3 is 1. The summed E-state index contributed by atoms with van der Waals surface area (Å²) in [5.74, 6) is 0.562. The van der Waals surface area contributed by atoms with Gasteiger partial charge in [0.1, 0.15) is 5.75 Å². The number of benzene rings is 2. The normalized spacial score (nSPS) is 11.8. The Labute approximate surface area is 132 Å². The minimum Gasteiger partial charge on any atom is -0.497 e. The van der Waals surface area contributed by atoms with Gasteiger partial charge in [-0.2, -0.15) is 0 Å². The number of halogens is 1. The molecule has 2 rings (SSSR count). The van der Waals surface area contributed by atoms with Gasteiger partial charge in [0.15, 0.2) is 0 Å². The molecule has 0 aromatic heterocycles. The summed E-state index contributed by atoms with van der Waals surface area (Å²) in [6, 6.07) is 12.7. The number of anilines is 1. The third-order valence-corrected chi connectivity index (χ3v) is 3.69. The van der Waals surface area contributed by atoms with Gasteiger partial charge in [0.05, 0.1) is 18.7 Å². The van der Waals surface area contributed by atoms with Crippen molar-refractivity contribution in [3.63, 3.8) is 0 Å². The SMILES string of the molecule is COc1cccc([C@H](C)NC(=O)c2ccc(Br)cc2N)c1. The Morgan fingerprint density at radius 2 is 2.05 bits per heavy atom. The van der Waals surface area contributed by atoms with E-state index < -0.39 is 0 Å². The van der Waals surface area contributed by atoms with Gasteiger partial charge in [-0.1, -0.05) is 28.1 Å². The third kappa shape index (κ3) is 3.76. The average Bonchev–Trinajstić information content (AvgIpc) is 2.47. The highest BCUT2D eigenvalue weighted by molar-refractivity contribution is 9.10. The van der Waals surface area contributed by atoms with Gasteiger partial charge in [-0.25, -0.2) is 0 Å². The van der Waals surface area contributed by atoms with Crippen molar-refractivity contribution in [1.29, 1.82) is 0 Å². The van der Waals surface area contributed by atoms with Gasteiger partial charge in [-0.05, 0) is 42.8 Å². The van der Waals surface area contributed by atoms with Crippen LogP contribution in [0.3, 0.4) is 0 Å². The lowest BCUT2D eigenvalue weighted by atomic mass is 10.1. The maximum absolute atomic E-state index is 12.3. The Hall–Kier alpha value is -2.01. The minimum atomic E-state index is -0.199. The van der Waals surface area contributed by atoms with Crippen LogP contribution >= 0.6 is 15.9 Å². The fourth-order valence-electron chi connectivity index (χ4n) is 2.01. The van der Waals surface area contributed by atoms with Gasteiger partial charge in [-0.3, -0.25) is 4.79 Å². The molecule has 0 bridgehead atoms. The molecule has 0 aliphatic heterocycles. The van der Waals surface area contributed by atoms with Crippen molar-refractivity contribution < 1.29 is 9.53 Å². The number of rotatable bonds is 4. The van der Waals surface area contributed by atoms with Crippen LogP contribution < -0.4 is 15.8 Å². The predicted molar refractivity (Wildman–Crippen MR) is 87.4 cm³/mol. The number of carbonyl (C=O) groups excluding carboxylic acids is 1. The van der Waals surface area contributed by atoms with E-state index in [2.05, 4.69) is 21.2 Å². The second-order valence-corrected chi connectivity index (χ2v) is 5.62. The molecular weight excluding hydrogens is 332 g/mol. The van der Waals surface area contributed by atoms with Gasteiger partial charge < -0.3 is 15.8 Å². The van der Waals surface area contributed by atoms with E-state index in [1.165, 1.54) is 0 Å². The van der Waals surface area contributed by atoms with Gasteiger partial charge in [0.25, 0.3) is 5.91 Å². The lowest BCUT2D eigenvalue weighted by molar-refractivity contribution is 0.0940. The Bertz CT molecular complexity index is 658. The van der Waals surface area contributed by atoms with Crippen LogP contribution in [0.5, 0.6) is 5.75 Å². The van der Waals surface area contributed by atoms with Crippen LogP contribution in [-0.4, -0.2) is 13.0 Å². The van der Waals surface area contributed by atoms with Gasteiger partial charge in [-0.15, -0.1) is 0 Å². The lowest BCUT2D eigenvalue weighted by Crippen LogP contribution is -2.27. The van der Waals surface area contributed by atoms with Crippen LogP contribution in [0.2, 0.25) is 0 Å². The smallest absolute Gasteiger partial charge is 0.253 e. The number of amides is 1. The number of nitrogens with one attached hydrogen (secondary N) is 1. The van der Waals surface area contributed by atoms with Gasteiger partial charge in [0.2, 0.25) is 0 Å². The predicted octanol–water partition coefficient (Wildman–Crippen LogP) is 3.53. The third-order valence-electron chi connectivity index (χ3n) is 3.20. The van der Waals surface area contributed by atoms with E-state index >= 15 is 0 Å². The largest absolute Gasteiger partial charge is 0.497 e. The molecule has 21 heavy (non-hydrogen) atoms. The first kappa shape index (κ1) is 15.4. The molecule has 110 valence electrons. The molecule has 0 radical (unpaired) electrons. The topological polar surface area (TPSA) is 64.3 Å². The summed E-state index contributed by atoms with van der Waals surface area (Å²) < 4.78 is 6.03. The Balaban J connectivity index is 2.14. The molecule has 0 saturated carbocycles. The van der Waals surface area contributed by atoms with Crippen LogP contribution in [0.15, 0.2) is 46.9 Å². The van der Waals surface area contributed by atoms with Gasteiger partial charge in [0, 0.05) is 10.2 Å². The maximum atomic E-state index is 12.3. The second kappa shape index (κ2) is 6.63. The van der Waals surface area contributed by atoms with Crippen LogP contribution in [0, 0.1) is 0 Å². The zero-order valence-electron chi connectivity index (χ0n) is 11.9. The number of nitrogen functional groups attached to an aromatic ring is 1. The maximum Gasteiger partial charge on any atom is 0.253 e. The molecule has 3 N–H and O–H groups in total. The molecule has 2 aromatic carbocycles. The summed E-state index contributed by atoms with van der Waals surface area (Å²) in [5.41, 5.74) is 7.75. The van der Waals surface area contributed by atoms with Crippen molar-refractivity contribution in [2.45, 2.75) is 13.0 Å². The number of carbonyl (C=O) groups is 1. The van der Waals surface area contributed by atoms with Crippen molar-refractivity contribution in [2.24, 2.45) is 0 Å². The van der Waals surface area contributed by atoms with Crippen molar-refractivity contribution in [2.75, 3.05) is 12.8 Å². The Kier molecular flexibility index (Phi) is 4.85. The summed E-state index contributed by atoms with van der Waals surface area (Å²) >= 11 is 3.32. The highest BCUT2D eigenvalue weighted by Gasteiger charge is 2.14. The Morgan fingerprint density at radius 1 is 1.29 bits per heavy atom. The van der Waals surface area contributed by atoms with E-state index in [1.54, 1.807) is 25.3 Å². The van der Waals surface area contributed by atoms with Crippen molar-refractivity contribution in [1.82, 2.24) is 5.32 Å². The van der Waals surface area contributed by atoms with Crippen LogP contribution in [0.25, 0.3) is 0 Å². The van der Waals surface area contributed by atoms with Crippen molar-refractivity contribution >= 4 is 27.5 Å². The molecule has 0 aliphatic rings. The average molecular weight is 349 g/mol. The fourth-order valence-corrected chi connectivity index (χ4v) is 2.39. The number of hydrogen-bond acceptors (Lipinski definition) is 3. The standard InChI is InChI=1S/C16H17BrN2O2/c1-10(11-4-3-5-13(8-11)21-2)19-16(20)14-7-6-12(17)9-15(14)18/h3-10H,18H2,1-2H3,(H,19,20)/t10-/m0/s1. The first-order chi connectivity index (χ1) is 10.0. The van der Waals surface area contributed by atoms with Crippen LogP contribution in [0.4, 0.5) is 5.69 Å². The fraction of sp³-hybridized carbons (Fsp3) is 0.188. The summed E-state index contributed by atoms with van der Waals surface area (Å²) in [4.78, 5) is 12.3. The molecular formula is C16H17BrN2O2. The van der Waals surface area contributed by atoms with Gasteiger partial charge >= 0.3 is 0 Å². The van der Waals surface area contributed by atoms with E-state index in [0.29, 0.717) is 11.3 Å². The first-order valence-corrected chi connectivity index (χ1v) is 7.30. The molecule has 0 saturated heterocycles. The van der Waals surface area contributed by atoms with Crippen molar-refractivity contribution in [3.8, 4) is 5.75 Å². The van der Waals surface area contributed by atoms with E-state index in [0.717, 1.165) is 15.8 Å². The molecule has 1 atom stereocenters.